The van der Waals surface area contributed by atoms with Crippen molar-refractivity contribution in [1.29, 1.82) is 0 Å². The summed E-state index contributed by atoms with van der Waals surface area (Å²) in [5.41, 5.74) is 15.3. The Labute approximate surface area is 278 Å². The van der Waals surface area contributed by atoms with Crippen molar-refractivity contribution >= 4 is 29.6 Å². The van der Waals surface area contributed by atoms with Gasteiger partial charge in [-0.1, -0.05) is 73.8 Å². The molecule has 0 fully saturated rings. The number of allylic oxidation sites excluding steroid dienone is 2. The van der Waals surface area contributed by atoms with E-state index in [1.54, 1.807) is 0 Å². The van der Waals surface area contributed by atoms with Crippen molar-refractivity contribution in [3.63, 3.8) is 0 Å². The topological polar surface area (TPSA) is 51.6 Å². The Bertz CT molecular complexity index is 2070. The lowest BCUT2D eigenvalue weighted by molar-refractivity contribution is 1.21. The maximum absolute atomic E-state index is 5.38. The summed E-state index contributed by atoms with van der Waals surface area (Å²) >= 11 is 0. The molecule has 0 N–H and O–H groups in total. The summed E-state index contributed by atoms with van der Waals surface area (Å²) in [6.45, 7) is 13.5. The number of benzene rings is 2. The van der Waals surface area contributed by atoms with Crippen LogP contribution in [0.15, 0.2) is 122 Å². The monoisotopic (exact) mass is 626 g/mol. The van der Waals surface area contributed by atoms with Gasteiger partial charge in [0.1, 0.15) is 8.07 Å². The van der Waals surface area contributed by atoms with Gasteiger partial charge < -0.3 is 0 Å². The molecule has 4 aromatic heterocycles. The number of rotatable bonds is 6. The predicted molar refractivity (Wildman–Crippen MR) is 198 cm³/mol. The molecule has 0 saturated heterocycles. The van der Waals surface area contributed by atoms with Crippen LogP contribution in [0.5, 0.6) is 0 Å². The number of nitrogens with zero attached hydrogens (tertiary/aromatic N) is 4. The van der Waals surface area contributed by atoms with E-state index in [1.807, 2.05) is 24.5 Å². The predicted octanol–water partition coefficient (Wildman–Crippen LogP) is 10.2. The van der Waals surface area contributed by atoms with Crippen LogP contribution in [0, 0.1) is 27.7 Å². The maximum atomic E-state index is 5.38. The second-order valence-corrected chi connectivity index (χ2v) is 17.3. The van der Waals surface area contributed by atoms with E-state index >= 15 is 0 Å². The first-order chi connectivity index (χ1) is 22.7. The Hall–Kier alpha value is -5.26. The van der Waals surface area contributed by atoms with Crippen molar-refractivity contribution in [1.82, 2.24) is 19.9 Å². The molecular weight excluding hydrogens is 589 g/mol. The van der Waals surface area contributed by atoms with Gasteiger partial charge in [-0.25, -0.2) is 9.97 Å². The molecule has 0 atom stereocenters. The van der Waals surface area contributed by atoms with Gasteiger partial charge in [0.2, 0.25) is 0 Å². The molecule has 0 bridgehead atoms. The first kappa shape index (κ1) is 30.4. The van der Waals surface area contributed by atoms with Crippen molar-refractivity contribution < 1.29 is 0 Å². The molecule has 5 heterocycles. The molecule has 0 aliphatic carbocycles. The molecule has 1 aliphatic rings. The molecule has 1 aliphatic heterocycles. The van der Waals surface area contributed by atoms with Crippen LogP contribution < -0.4 is 0 Å². The van der Waals surface area contributed by atoms with E-state index in [4.69, 9.17) is 19.9 Å². The maximum Gasteiger partial charge on any atom is 0.119 e. The number of pyridine rings is 4. The first-order valence-corrected chi connectivity index (χ1v) is 19.1. The second-order valence-electron chi connectivity index (χ2n) is 13.0. The fraction of sp³-hybridized carbons (Fsp3) is 0.143. The van der Waals surface area contributed by atoms with Gasteiger partial charge in [0.25, 0.3) is 0 Å². The van der Waals surface area contributed by atoms with Crippen LogP contribution in [0.2, 0.25) is 13.1 Å². The highest BCUT2D eigenvalue weighted by Gasteiger charge is 2.45. The molecule has 7 rings (SSSR count). The summed E-state index contributed by atoms with van der Waals surface area (Å²) < 4.78 is 0. The summed E-state index contributed by atoms with van der Waals surface area (Å²) in [4.78, 5) is 20.1. The number of aryl methyl sites for hydroxylation is 4. The molecular formula is C42H38N4Si. The van der Waals surface area contributed by atoms with Gasteiger partial charge in [0, 0.05) is 12.4 Å². The number of hydrogen-bond acceptors (Lipinski definition) is 4. The normalized spacial score (nSPS) is 14.2. The molecule has 5 heteroatoms. The molecule has 0 spiro atoms. The minimum atomic E-state index is -2.49. The van der Waals surface area contributed by atoms with Gasteiger partial charge >= 0.3 is 0 Å². The van der Waals surface area contributed by atoms with Crippen LogP contribution in [0.1, 0.15) is 44.8 Å². The lowest BCUT2D eigenvalue weighted by atomic mass is 9.86. The average molecular weight is 627 g/mol. The van der Waals surface area contributed by atoms with E-state index in [2.05, 4.69) is 138 Å². The molecule has 4 nitrogen and oxygen atoms in total. The van der Waals surface area contributed by atoms with E-state index in [-0.39, 0.29) is 0 Å². The van der Waals surface area contributed by atoms with Crippen LogP contribution in [0.3, 0.4) is 0 Å². The van der Waals surface area contributed by atoms with Gasteiger partial charge in [0.15, 0.2) is 0 Å². The molecule has 6 aromatic rings. The van der Waals surface area contributed by atoms with Crippen molar-refractivity contribution in [3.8, 4) is 22.8 Å². The van der Waals surface area contributed by atoms with Crippen LogP contribution in [-0.2, 0) is 0 Å². The van der Waals surface area contributed by atoms with Crippen molar-refractivity contribution in [2.24, 2.45) is 0 Å². The zero-order valence-electron chi connectivity index (χ0n) is 27.8. The second kappa shape index (κ2) is 12.2. The summed E-state index contributed by atoms with van der Waals surface area (Å²) in [7, 11) is -2.49. The Morgan fingerprint density at radius 2 is 0.830 bits per heavy atom. The fourth-order valence-electron chi connectivity index (χ4n) is 6.93. The van der Waals surface area contributed by atoms with Crippen LogP contribution >= 0.6 is 0 Å². The minimum Gasteiger partial charge on any atom is -0.255 e. The Kier molecular flexibility index (Phi) is 7.86. The van der Waals surface area contributed by atoms with Crippen LogP contribution in [-0.4, -0.2) is 28.0 Å². The van der Waals surface area contributed by atoms with E-state index in [0.29, 0.717) is 0 Å². The first-order valence-electron chi connectivity index (χ1n) is 16.1. The van der Waals surface area contributed by atoms with E-state index < -0.39 is 8.07 Å². The molecule has 2 aromatic carbocycles. The summed E-state index contributed by atoms with van der Waals surface area (Å²) in [5.74, 6) is 0. The standard InChI is InChI=1S/C42H38N4Si/c1-27-21-23-43-37(25-27)33-17-11-19-35(45-33)41-39(31-15-9-7-13-29(31)3)40(32-16-10-8-14-30(32)4)42(47(41,5)6)36-20-12-18-34(46-36)38-26-28(2)22-24-44-38/h7-26H,1-6H3. The largest absolute Gasteiger partial charge is 0.255 e. The van der Waals surface area contributed by atoms with Gasteiger partial charge in [-0.05, 0) is 131 Å². The smallest absolute Gasteiger partial charge is 0.119 e. The third kappa shape index (κ3) is 5.57. The van der Waals surface area contributed by atoms with E-state index in [1.165, 1.54) is 43.8 Å². The number of aromatic nitrogens is 4. The van der Waals surface area contributed by atoms with E-state index in [9.17, 15) is 0 Å². The third-order valence-corrected chi connectivity index (χ3v) is 12.7. The zero-order valence-corrected chi connectivity index (χ0v) is 28.8. The summed E-state index contributed by atoms with van der Waals surface area (Å²) in [5, 5.41) is 2.63. The zero-order chi connectivity index (χ0) is 32.7. The van der Waals surface area contributed by atoms with Crippen LogP contribution in [0.4, 0.5) is 0 Å². The van der Waals surface area contributed by atoms with Gasteiger partial charge in [-0.3, -0.25) is 9.97 Å². The highest BCUT2D eigenvalue weighted by Crippen LogP contribution is 2.56. The molecule has 230 valence electrons. The average Bonchev–Trinajstić information content (AvgIpc) is 3.31. The summed E-state index contributed by atoms with van der Waals surface area (Å²) in [6, 6.07) is 38.5. The highest BCUT2D eigenvalue weighted by atomic mass is 28.3. The van der Waals surface area contributed by atoms with Gasteiger partial charge in [-0.2, -0.15) is 0 Å². The van der Waals surface area contributed by atoms with Crippen molar-refractivity contribution in [2.45, 2.75) is 40.8 Å². The van der Waals surface area contributed by atoms with Crippen molar-refractivity contribution in [2.75, 3.05) is 0 Å². The fourth-order valence-corrected chi connectivity index (χ4v) is 10.5. The molecule has 0 unspecified atom stereocenters. The molecule has 0 saturated carbocycles. The van der Waals surface area contributed by atoms with Gasteiger partial charge in [0.05, 0.1) is 34.2 Å². The Morgan fingerprint density at radius 3 is 1.23 bits per heavy atom. The lowest BCUT2D eigenvalue weighted by Crippen LogP contribution is -2.29. The minimum absolute atomic E-state index is 0.879. The van der Waals surface area contributed by atoms with Crippen molar-refractivity contribution in [3.05, 3.63) is 166 Å². The highest BCUT2D eigenvalue weighted by molar-refractivity contribution is 7.13. The molecule has 47 heavy (non-hydrogen) atoms. The molecule has 0 radical (unpaired) electrons. The van der Waals surface area contributed by atoms with E-state index in [0.717, 1.165) is 45.3 Å². The third-order valence-electron chi connectivity index (χ3n) is 9.20. The van der Waals surface area contributed by atoms with Gasteiger partial charge in [-0.15, -0.1) is 0 Å². The lowest BCUT2D eigenvalue weighted by Gasteiger charge is -2.26. The van der Waals surface area contributed by atoms with Crippen LogP contribution in [0.25, 0.3) is 44.3 Å². The quantitative estimate of drug-likeness (QED) is 0.173. The Balaban J connectivity index is 1.56. The SMILES string of the molecule is Cc1ccnc(-c2cccc(C3=C(c4ccccc4C)C(c4ccccc4C)=C(c4cccc(-c5cc(C)ccn5)n4)[Si]3(C)C)n2)c1. The number of hydrogen-bond donors (Lipinski definition) is 0. The molecule has 0 amide bonds. The summed E-state index contributed by atoms with van der Waals surface area (Å²) in [6.07, 6.45) is 3.73. The Morgan fingerprint density at radius 1 is 0.426 bits per heavy atom.